The van der Waals surface area contributed by atoms with Gasteiger partial charge in [0, 0.05) is 18.9 Å². The van der Waals surface area contributed by atoms with Crippen LogP contribution in [0.5, 0.6) is 0 Å². The molecule has 0 bridgehead atoms. The number of alkyl halides is 3. The Morgan fingerprint density at radius 1 is 1.31 bits per heavy atom. The van der Waals surface area contributed by atoms with E-state index in [0.717, 1.165) is 6.07 Å². The minimum absolute atomic E-state index is 0.147. The number of hydrogen-bond donors (Lipinski definition) is 2. The van der Waals surface area contributed by atoms with E-state index in [2.05, 4.69) is 20.5 Å². The number of anilines is 1. The van der Waals surface area contributed by atoms with E-state index >= 15 is 0 Å². The highest BCUT2D eigenvalue weighted by molar-refractivity contribution is 5.47. The fourth-order valence-corrected chi connectivity index (χ4v) is 3.30. The molecule has 1 saturated carbocycles. The van der Waals surface area contributed by atoms with Crippen molar-refractivity contribution in [3.05, 3.63) is 36.0 Å². The van der Waals surface area contributed by atoms with Gasteiger partial charge in [0.05, 0.1) is 24.2 Å². The summed E-state index contributed by atoms with van der Waals surface area (Å²) >= 11 is 0. The molecule has 1 aliphatic carbocycles. The van der Waals surface area contributed by atoms with E-state index in [-0.39, 0.29) is 23.3 Å². The van der Waals surface area contributed by atoms with Crippen molar-refractivity contribution in [2.45, 2.75) is 57.5 Å². The van der Waals surface area contributed by atoms with Crippen molar-refractivity contribution >= 4 is 5.82 Å². The lowest BCUT2D eigenvalue weighted by Crippen LogP contribution is -2.30. The second-order valence-electron chi connectivity index (χ2n) is 7.10. The lowest BCUT2D eigenvalue weighted by molar-refractivity contribution is -0.137. The molecule has 142 valence electrons. The number of aromatic nitrogens is 4. The lowest BCUT2D eigenvalue weighted by Gasteiger charge is -2.20. The summed E-state index contributed by atoms with van der Waals surface area (Å²) in [5.74, 6) is -0.336. The standard InChI is InChI=1S/C17H22F3N5O/c1-10(2)13-7-12(17(18,19)20)16(24-23-13)22-14-5-11(6-15(14)26)8-25-4-3-21-9-25/h3-4,7,9-11,14-15,26H,5-6,8H2,1-2H3,(H,22,24)/t11?,14-,15-/m1/s1. The highest BCUT2D eigenvalue weighted by Crippen LogP contribution is 2.37. The summed E-state index contributed by atoms with van der Waals surface area (Å²) in [7, 11) is 0. The first-order chi connectivity index (χ1) is 12.2. The number of aliphatic hydroxyl groups excluding tert-OH is 1. The van der Waals surface area contributed by atoms with E-state index < -0.39 is 23.9 Å². The topological polar surface area (TPSA) is 75.9 Å². The van der Waals surface area contributed by atoms with Crippen LogP contribution in [0.2, 0.25) is 0 Å². The van der Waals surface area contributed by atoms with Gasteiger partial charge in [-0.1, -0.05) is 13.8 Å². The molecule has 0 spiro atoms. The van der Waals surface area contributed by atoms with Gasteiger partial charge in [-0.3, -0.25) is 0 Å². The second-order valence-corrected chi connectivity index (χ2v) is 7.10. The maximum atomic E-state index is 13.4. The monoisotopic (exact) mass is 369 g/mol. The molecule has 3 rings (SSSR count). The molecular formula is C17H22F3N5O. The highest BCUT2D eigenvalue weighted by Gasteiger charge is 2.38. The Morgan fingerprint density at radius 2 is 2.08 bits per heavy atom. The number of rotatable bonds is 5. The van der Waals surface area contributed by atoms with E-state index in [1.54, 1.807) is 26.4 Å². The fourth-order valence-electron chi connectivity index (χ4n) is 3.30. The SMILES string of the molecule is CC(C)c1cc(C(F)(F)F)c(N[C@@H]2CC(Cn3ccnc3)C[C@H]2O)nn1. The molecule has 3 atom stereocenters. The van der Waals surface area contributed by atoms with Crippen molar-refractivity contribution in [3.63, 3.8) is 0 Å². The largest absolute Gasteiger partial charge is 0.420 e. The van der Waals surface area contributed by atoms with Crippen LogP contribution < -0.4 is 5.32 Å². The Labute approximate surface area is 149 Å². The van der Waals surface area contributed by atoms with Gasteiger partial charge in [-0.05, 0) is 30.7 Å². The molecule has 0 radical (unpaired) electrons. The maximum absolute atomic E-state index is 13.4. The normalized spacial score (nSPS) is 23.6. The maximum Gasteiger partial charge on any atom is 0.420 e. The van der Waals surface area contributed by atoms with Crippen molar-refractivity contribution in [1.29, 1.82) is 0 Å². The number of hydrogen-bond acceptors (Lipinski definition) is 5. The Bertz CT molecular complexity index is 732. The van der Waals surface area contributed by atoms with Gasteiger partial charge in [-0.15, -0.1) is 5.10 Å². The predicted molar refractivity (Wildman–Crippen MR) is 89.5 cm³/mol. The van der Waals surface area contributed by atoms with Crippen LogP contribution >= 0.6 is 0 Å². The van der Waals surface area contributed by atoms with Crippen molar-refractivity contribution in [2.24, 2.45) is 5.92 Å². The quantitative estimate of drug-likeness (QED) is 0.847. The third-order valence-corrected chi connectivity index (χ3v) is 4.69. The van der Waals surface area contributed by atoms with E-state index in [9.17, 15) is 18.3 Å². The van der Waals surface area contributed by atoms with Crippen LogP contribution in [-0.2, 0) is 12.7 Å². The highest BCUT2D eigenvalue weighted by atomic mass is 19.4. The fraction of sp³-hybridized carbons (Fsp3) is 0.588. The number of nitrogens with one attached hydrogen (secondary N) is 1. The zero-order chi connectivity index (χ0) is 18.9. The third kappa shape index (κ3) is 4.14. The third-order valence-electron chi connectivity index (χ3n) is 4.69. The summed E-state index contributed by atoms with van der Waals surface area (Å²) in [5, 5.41) is 20.7. The molecule has 2 heterocycles. The summed E-state index contributed by atoms with van der Waals surface area (Å²) in [4.78, 5) is 3.97. The number of nitrogens with zero attached hydrogens (tertiary/aromatic N) is 4. The summed E-state index contributed by atoms with van der Waals surface area (Å²) in [6.07, 6.45) is 0.954. The molecule has 9 heteroatoms. The lowest BCUT2D eigenvalue weighted by atomic mass is 10.1. The van der Waals surface area contributed by atoms with Crippen molar-refractivity contribution in [2.75, 3.05) is 5.32 Å². The van der Waals surface area contributed by atoms with E-state index in [1.807, 2.05) is 10.8 Å². The van der Waals surface area contributed by atoms with Gasteiger partial charge in [-0.2, -0.15) is 18.3 Å². The van der Waals surface area contributed by atoms with Crippen molar-refractivity contribution in [1.82, 2.24) is 19.7 Å². The summed E-state index contributed by atoms with van der Waals surface area (Å²) in [6, 6.07) is 0.536. The average Bonchev–Trinajstić information content (AvgIpc) is 3.17. The molecule has 2 N–H and O–H groups in total. The van der Waals surface area contributed by atoms with Crippen LogP contribution in [0.1, 0.15) is 43.9 Å². The summed E-state index contributed by atoms with van der Waals surface area (Å²) in [6.45, 7) is 4.19. The molecular weight excluding hydrogens is 347 g/mol. The summed E-state index contributed by atoms with van der Waals surface area (Å²) in [5.41, 5.74) is -0.561. The van der Waals surface area contributed by atoms with Gasteiger partial charge in [0.25, 0.3) is 0 Å². The van der Waals surface area contributed by atoms with Crippen LogP contribution in [0.3, 0.4) is 0 Å². The molecule has 26 heavy (non-hydrogen) atoms. The molecule has 1 unspecified atom stereocenters. The van der Waals surface area contributed by atoms with Gasteiger partial charge in [0.15, 0.2) is 5.82 Å². The van der Waals surface area contributed by atoms with Crippen LogP contribution in [0.15, 0.2) is 24.8 Å². The van der Waals surface area contributed by atoms with Crippen LogP contribution in [-0.4, -0.2) is 37.0 Å². The van der Waals surface area contributed by atoms with Crippen molar-refractivity contribution < 1.29 is 18.3 Å². The molecule has 0 saturated heterocycles. The minimum atomic E-state index is -4.54. The first-order valence-corrected chi connectivity index (χ1v) is 8.59. The van der Waals surface area contributed by atoms with E-state index in [4.69, 9.17) is 0 Å². The zero-order valence-electron chi connectivity index (χ0n) is 14.6. The minimum Gasteiger partial charge on any atom is -0.391 e. The first-order valence-electron chi connectivity index (χ1n) is 8.59. The first kappa shape index (κ1) is 18.6. The Morgan fingerprint density at radius 3 is 2.69 bits per heavy atom. The van der Waals surface area contributed by atoms with Gasteiger partial charge in [0.1, 0.15) is 5.56 Å². The molecule has 0 aliphatic heterocycles. The van der Waals surface area contributed by atoms with Crippen molar-refractivity contribution in [3.8, 4) is 0 Å². The van der Waals surface area contributed by atoms with Gasteiger partial charge in [-0.25, -0.2) is 4.98 Å². The van der Waals surface area contributed by atoms with Gasteiger partial charge in [0.2, 0.25) is 0 Å². The Kier molecular flexibility index (Phi) is 5.17. The number of halogens is 3. The second kappa shape index (κ2) is 7.22. The number of aliphatic hydroxyl groups is 1. The molecule has 6 nitrogen and oxygen atoms in total. The smallest absolute Gasteiger partial charge is 0.391 e. The molecule has 1 fully saturated rings. The van der Waals surface area contributed by atoms with Gasteiger partial charge < -0.3 is 15.0 Å². The molecule has 2 aromatic rings. The summed E-state index contributed by atoms with van der Waals surface area (Å²) < 4.78 is 42.1. The van der Waals surface area contributed by atoms with Crippen LogP contribution in [0, 0.1) is 5.92 Å². The van der Waals surface area contributed by atoms with Crippen LogP contribution in [0.4, 0.5) is 19.0 Å². The van der Waals surface area contributed by atoms with E-state index in [0.29, 0.717) is 19.4 Å². The molecule has 1 aliphatic rings. The zero-order valence-corrected chi connectivity index (χ0v) is 14.6. The van der Waals surface area contributed by atoms with E-state index in [1.165, 1.54) is 0 Å². The average molecular weight is 369 g/mol. The molecule has 0 amide bonds. The molecule has 2 aromatic heterocycles. The Balaban J connectivity index is 1.75. The van der Waals surface area contributed by atoms with Crippen LogP contribution in [0.25, 0.3) is 0 Å². The molecule has 0 aromatic carbocycles. The number of imidazole rings is 1. The Hall–Kier alpha value is -2.16. The predicted octanol–water partition coefficient (Wildman–Crippen LogP) is 3.07. The van der Waals surface area contributed by atoms with Gasteiger partial charge >= 0.3 is 6.18 Å².